The van der Waals surface area contributed by atoms with Crippen molar-refractivity contribution in [3.8, 4) is 0 Å². The van der Waals surface area contributed by atoms with Gasteiger partial charge in [-0.05, 0) is 12.8 Å². The number of alkyl halides is 2. The van der Waals surface area contributed by atoms with Crippen LogP contribution in [-0.2, 0) is 10.1 Å². The van der Waals surface area contributed by atoms with Gasteiger partial charge in [0.25, 0.3) is 0 Å². The average Bonchev–Trinajstić information content (AvgIpc) is 2.14. The van der Waals surface area contributed by atoms with Crippen molar-refractivity contribution in [1.82, 2.24) is 0 Å². The number of rotatable bonds is 9. The van der Waals surface area contributed by atoms with Crippen LogP contribution in [0.25, 0.3) is 0 Å². The zero-order valence-corrected chi connectivity index (χ0v) is 9.81. The second-order valence-corrected chi connectivity index (χ2v) is 5.19. The van der Waals surface area contributed by atoms with Gasteiger partial charge in [0.2, 0.25) is 0 Å². The maximum atomic E-state index is 12.6. The summed E-state index contributed by atoms with van der Waals surface area (Å²) in [6, 6.07) is 0. The highest BCUT2D eigenvalue weighted by Gasteiger charge is 2.36. The largest absolute Gasteiger partial charge is 0.743 e. The van der Waals surface area contributed by atoms with Gasteiger partial charge in [0.15, 0.2) is 10.1 Å². The Morgan fingerprint density at radius 2 is 1.44 bits per heavy atom. The third-order valence-corrected chi connectivity index (χ3v) is 3.18. The molecule has 0 heterocycles. The molecule has 4 nitrogen and oxygen atoms in total. The van der Waals surface area contributed by atoms with Crippen LogP contribution in [0.2, 0.25) is 0 Å². The minimum atomic E-state index is -5.52. The molecular weight excluding hydrogens is 242 g/mol. The van der Waals surface area contributed by atoms with E-state index >= 15 is 0 Å². The van der Waals surface area contributed by atoms with Gasteiger partial charge in [-0.15, -0.1) is 0 Å². The Kier molecular flexibility index (Phi) is 7.01. The molecule has 98 valence electrons. The normalized spacial score (nSPS) is 13.0. The highest BCUT2D eigenvalue weighted by Crippen LogP contribution is 2.27. The molecule has 0 fully saturated rings. The first-order valence-electron chi connectivity index (χ1n) is 5.25. The van der Waals surface area contributed by atoms with E-state index in [0.717, 1.165) is 12.8 Å². The van der Waals surface area contributed by atoms with Crippen LogP contribution in [0.1, 0.15) is 44.9 Å². The summed E-state index contributed by atoms with van der Waals surface area (Å²) in [5.74, 6) is 0. The standard InChI is InChI=1S/C9H18F2O4S/c10-9(11,16(13,14)15)7-5-3-1-2-4-6-8-12/h12H,1-8H2,(H,13,14,15)/p-1. The first-order valence-corrected chi connectivity index (χ1v) is 6.66. The van der Waals surface area contributed by atoms with Crippen LogP contribution in [0.15, 0.2) is 0 Å². The van der Waals surface area contributed by atoms with Gasteiger partial charge in [0.1, 0.15) is 0 Å². The van der Waals surface area contributed by atoms with Crippen LogP contribution >= 0.6 is 0 Å². The van der Waals surface area contributed by atoms with E-state index < -0.39 is 21.8 Å². The summed E-state index contributed by atoms with van der Waals surface area (Å²) in [5.41, 5.74) is 0. The molecule has 0 aromatic carbocycles. The zero-order valence-electron chi connectivity index (χ0n) is 8.99. The number of aliphatic hydroxyl groups excluding tert-OH is 1. The Bertz CT molecular complexity index is 277. The first kappa shape index (κ1) is 15.7. The van der Waals surface area contributed by atoms with E-state index in [-0.39, 0.29) is 13.0 Å². The van der Waals surface area contributed by atoms with Crippen molar-refractivity contribution in [2.75, 3.05) is 6.61 Å². The quantitative estimate of drug-likeness (QED) is 0.506. The molecule has 0 bridgehead atoms. The fourth-order valence-corrected chi connectivity index (χ4v) is 1.67. The van der Waals surface area contributed by atoms with E-state index in [4.69, 9.17) is 5.11 Å². The van der Waals surface area contributed by atoms with Crippen molar-refractivity contribution in [3.63, 3.8) is 0 Å². The van der Waals surface area contributed by atoms with E-state index in [1.54, 1.807) is 0 Å². The van der Waals surface area contributed by atoms with Crippen LogP contribution in [0, 0.1) is 0 Å². The summed E-state index contributed by atoms with van der Waals surface area (Å²) in [7, 11) is -5.52. The lowest BCUT2D eigenvalue weighted by Gasteiger charge is -2.19. The SMILES string of the molecule is O=S(=O)([O-])C(F)(F)CCCCCCCCO. The molecule has 7 heteroatoms. The summed E-state index contributed by atoms with van der Waals surface area (Å²) in [5, 5.41) is 4.32. The lowest BCUT2D eigenvalue weighted by atomic mass is 10.1. The van der Waals surface area contributed by atoms with Gasteiger partial charge in [-0.25, -0.2) is 8.42 Å². The minimum Gasteiger partial charge on any atom is -0.743 e. The number of aliphatic hydroxyl groups is 1. The van der Waals surface area contributed by atoms with Crippen molar-refractivity contribution < 1.29 is 26.9 Å². The Morgan fingerprint density at radius 1 is 1.00 bits per heavy atom. The fourth-order valence-electron chi connectivity index (χ4n) is 1.27. The minimum absolute atomic E-state index is 0.0214. The topological polar surface area (TPSA) is 77.4 Å². The van der Waals surface area contributed by atoms with E-state index in [1.165, 1.54) is 0 Å². The Morgan fingerprint density at radius 3 is 1.88 bits per heavy atom. The van der Waals surface area contributed by atoms with Crippen LogP contribution < -0.4 is 0 Å². The summed E-state index contributed by atoms with van der Waals surface area (Å²) in [6.45, 7) is 0.118. The van der Waals surface area contributed by atoms with Crippen LogP contribution in [0.5, 0.6) is 0 Å². The molecular formula is C9H17F2O4S-. The van der Waals surface area contributed by atoms with Gasteiger partial charge < -0.3 is 9.66 Å². The lowest BCUT2D eigenvalue weighted by Crippen LogP contribution is -2.28. The molecule has 0 saturated carbocycles. The molecule has 0 rings (SSSR count). The van der Waals surface area contributed by atoms with Crippen LogP contribution in [0.4, 0.5) is 8.78 Å². The molecule has 0 aliphatic carbocycles. The third-order valence-electron chi connectivity index (χ3n) is 2.24. The van der Waals surface area contributed by atoms with E-state index in [0.29, 0.717) is 19.3 Å². The number of hydrogen-bond donors (Lipinski definition) is 1. The number of unbranched alkanes of at least 4 members (excludes halogenated alkanes) is 5. The van der Waals surface area contributed by atoms with Crippen molar-refractivity contribution in [3.05, 3.63) is 0 Å². The van der Waals surface area contributed by atoms with Crippen LogP contribution in [-0.4, -0.2) is 29.9 Å². The van der Waals surface area contributed by atoms with Gasteiger partial charge >= 0.3 is 5.25 Å². The lowest BCUT2D eigenvalue weighted by molar-refractivity contribution is 0.0670. The summed E-state index contributed by atoms with van der Waals surface area (Å²) >= 11 is 0. The molecule has 0 spiro atoms. The number of halogens is 2. The Labute approximate surface area is 94.4 Å². The van der Waals surface area contributed by atoms with Crippen LogP contribution in [0.3, 0.4) is 0 Å². The molecule has 0 radical (unpaired) electrons. The Hall–Kier alpha value is -0.270. The Balaban J connectivity index is 3.59. The molecule has 0 aromatic heterocycles. The summed E-state index contributed by atoms with van der Waals surface area (Å²) in [6.07, 6.45) is 2.62. The van der Waals surface area contributed by atoms with Gasteiger partial charge in [-0.2, -0.15) is 8.78 Å². The smallest absolute Gasteiger partial charge is 0.334 e. The monoisotopic (exact) mass is 259 g/mol. The average molecular weight is 259 g/mol. The maximum absolute atomic E-state index is 12.6. The molecule has 0 saturated heterocycles. The summed E-state index contributed by atoms with van der Waals surface area (Å²) in [4.78, 5) is 0. The first-order chi connectivity index (χ1) is 7.31. The molecule has 16 heavy (non-hydrogen) atoms. The summed E-state index contributed by atoms with van der Waals surface area (Å²) < 4.78 is 55.6. The molecule has 0 amide bonds. The van der Waals surface area contributed by atoms with E-state index in [9.17, 15) is 21.8 Å². The molecule has 0 aliphatic heterocycles. The maximum Gasteiger partial charge on any atom is 0.334 e. The highest BCUT2D eigenvalue weighted by atomic mass is 32.2. The van der Waals surface area contributed by atoms with Crippen molar-refractivity contribution in [2.45, 2.75) is 50.2 Å². The molecule has 0 aliphatic rings. The van der Waals surface area contributed by atoms with E-state index in [2.05, 4.69) is 0 Å². The van der Waals surface area contributed by atoms with Crippen molar-refractivity contribution in [1.29, 1.82) is 0 Å². The third kappa shape index (κ3) is 6.34. The van der Waals surface area contributed by atoms with Gasteiger partial charge in [0.05, 0.1) is 0 Å². The van der Waals surface area contributed by atoms with Crippen molar-refractivity contribution in [2.24, 2.45) is 0 Å². The molecule has 0 aromatic rings. The van der Waals surface area contributed by atoms with Gasteiger partial charge in [-0.3, -0.25) is 0 Å². The zero-order chi connectivity index (χ0) is 12.7. The molecule has 0 atom stereocenters. The predicted octanol–water partition coefficient (Wildman–Crippen LogP) is 1.85. The molecule has 1 N–H and O–H groups in total. The second-order valence-electron chi connectivity index (χ2n) is 3.69. The van der Waals surface area contributed by atoms with Gasteiger partial charge in [-0.1, -0.05) is 25.7 Å². The molecule has 0 unspecified atom stereocenters. The fraction of sp³-hybridized carbons (Fsp3) is 1.00. The highest BCUT2D eigenvalue weighted by molar-refractivity contribution is 7.86. The number of hydrogen-bond acceptors (Lipinski definition) is 4. The van der Waals surface area contributed by atoms with Crippen molar-refractivity contribution >= 4 is 10.1 Å². The van der Waals surface area contributed by atoms with Gasteiger partial charge in [0, 0.05) is 13.0 Å². The predicted molar refractivity (Wildman–Crippen MR) is 54.0 cm³/mol. The second kappa shape index (κ2) is 7.13. The van der Waals surface area contributed by atoms with E-state index in [1.807, 2.05) is 0 Å².